The molecule has 1 aliphatic rings. The minimum Gasteiger partial charge on any atom is -0.396 e. The topological polar surface area (TPSA) is 67.2 Å². The number of imidazole rings is 1. The lowest BCUT2D eigenvalue weighted by atomic mass is 10.1. The largest absolute Gasteiger partial charge is 0.396 e. The highest BCUT2D eigenvalue weighted by Gasteiger charge is 2.20. The quantitative estimate of drug-likeness (QED) is 0.825. The number of amides is 1. The Balaban J connectivity index is 1.74. The second-order valence-corrected chi connectivity index (χ2v) is 5.20. The molecule has 1 amide bonds. The predicted octanol–water partition coefficient (Wildman–Crippen LogP) is 1.24. The van der Waals surface area contributed by atoms with E-state index >= 15 is 0 Å². The van der Waals surface area contributed by atoms with E-state index in [1.54, 1.807) is 12.4 Å². The molecular formula is C15H17N3O2. The highest BCUT2D eigenvalue weighted by molar-refractivity contribution is 5.97. The molecule has 0 fully saturated rings. The zero-order valence-electron chi connectivity index (χ0n) is 11.3. The van der Waals surface area contributed by atoms with Gasteiger partial charge in [0.1, 0.15) is 0 Å². The Morgan fingerprint density at radius 2 is 2.35 bits per heavy atom. The summed E-state index contributed by atoms with van der Waals surface area (Å²) in [5.74, 6) is 0.0457. The second kappa shape index (κ2) is 5.09. The summed E-state index contributed by atoms with van der Waals surface area (Å²) in [6.45, 7) is 0.128. The van der Waals surface area contributed by atoms with Crippen LogP contribution in [0.15, 0.2) is 36.7 Å². The minimum atomic E-state index is -0.106. The maximum Gasteiger partial charge on any atom is 0.251 e. The fraction of sp³-hybridized carbons (Fsp3) is 0.333. The molecule has 0 bridgehead atoms. The van der Waals surface area contributed by atoms with Gasteiger partial charge in [0.05, 0.1) is 17.4 Å². The molecule has 1 aliphatic carbocycles. The number of hydrogen-bond donors (Lipinski definition) is 2. The number of aliphatic hydroxyl groups is 1. The van der Waals surface area contributed by atoms with Crippen LogP contribution in [0.5, 0.6) is 0 Å². The summed E-state index contributed by atoms with van der Waals surface area (Å²) in [6.07, 6.45) is 6.39. The number of benzene rings is 1. The number of hydrogen-bond acceptors (Lipinski definition) is 3. The van der Waals surface area contributed by atoms with Gasteiger partial charge < -0.3 is 15.0 Å². The van der Waals surface area contributed by atoms with Crippen molar-refractivity contribution in [3.05, 3.63) is 42.2 Å². The van der Waals surface area contributed by atoms with Crippen molar-refractivity contribution in [1.29, 1.82) is 0 Å². The van der Waals surface area contributed by atoms with Crippen molar-refractivity contribution in [1.82, 2.24) is 14.9 Å². The number of aryl methyl sites for hydroxylation is 1. The first kappa shape index (κ1) is 12.9. The van der Waals surface area contributed by atoms with E-state index in [1.165, 1.54) is 0 Å². The normalized spacial score (nSPS) is 21.5. The highest BCUT2D eigenvalue weighted by atomic mass is 16.3. The molecule has 2 atom stereocenters. The molecule has 2 N–H and O–H groups in total. The van der Waals surface area contributed by atoms with Crippen molar-refractivity contribution >= 4 is 16.9 Å². The van der Waals surface area contributed by atoms with Crippen LogP contribution in [0.3, 0.4) is 0 Å². The van der Waals surface area contributed by atoms with Crippen LogP contribution in [-0.4, -0.2) is 33.2 Å². The number of rotatable bonds is 3. The molecule has 1 aromatic carbocycles. The first-order chi connectivity index (χ1) is 9.67. The smallest absolute Gasteiger partial charge is 0.251 e. The number of aliphatic hydroxyl groups excluding tert-OH is 1. The zero-order valence-corrected chi connectivity index (χ0v) is 11.3. The molecule has 0 spiro atoms. The molecule has 5 heteroatoms. The van der Waals surface area contributed by atoms with E-state index in [-0.39, 0.29) is 24.5 Å². The standard InChI is InChI=1S/C15H17N3O2/c1-18-9-16-13-7-11(3-5-14(13)18)15(20)17-12-4-2-10(6-12)8-19/h2-5,7,9-10,12,19H,6,8H2,1H3,(H,17,20)/t10-,12+/m0/s1. The Morgan fingerprint density at radius 1 is 1.50 bits per heavy atom. The average molecular weight is 271 g/mol. The SMILES string of the molecule is Cn1cnc2cc(C(=O)N[C@@H]3C=C[C@H](CO)C3)ccc21. The molecule has 0 saturated carbocycles. The summed E-state index contributed by atoms with van der Waals surface area (Å²) in [4.78, 5) is 16.5. The molecule has 104 valence electrons. The first-order valence-corrected chi connectivity index (χ1v) is 6.68. The highest BCUT2D eigenvalue weighted by Crippen LogP contribution is 2.18. The summed E-state index contributed by atoms with van der Waals surface area (Å²) < 4.78 is 1.92. The van der Waals surface area contributed by atoms with Gasteiger partial charge in [-0.15, -0.1) is 0 Å². The van der Waals surface area contributed by atoms with Crippen molar-refractivity contribution in [3.8, 4) is 0 Å². The van der Waals surface area contributed by atoms with E-state index in [0.29, 0.717) is 5.56 Å². The van der Waals surface area contributed by atoms with Crippen molar-refractivity contribution in [2.24, 2.45) is 13.0 Å². The van der Waals surface area contributed by atoms with E-state index in [0.717, 1.165) is 17.5 Å². The Hall–Kier alpha value is -2.14. The average Bonchev–Trinajstić information content (AvgIpc) is 3.05. The Labute approximate surface area is 116 Å². The van der Waals surface area contributed by atoms with Crippen LogP contribution in [-0.2, 0) is 7.05 Å². The minimum absolute atomic E-state index is 0.000852. The Kier molecular flexibility index (Phi) is 3.28. The van der Waals surface area contributed by atoms with Gasteiger partial charge in [0.15, 0.2) is 0 Å². The molecule has 0 unspecified atom stereocenters. The fourth-order valence-electron chi connectivity index (χ4n) is 2.55. The van der Waals surface area contributed by atoms with Crippen LogP contribution in [0.25, 0.3) is 11.0 Å². The van der Waals surface area contributed by atoms with E-state index in [1.807, 2.05) is 35.9 Å². The molecule has 0 saturated heterocycles. The third-order valence-corrected chi connectivity index (χ3v) is 3.71. The van der Waals surface area contributed by atoms with Gasteiger partial charge in [0.25, 0.3) is 5.91 Å². The molecule has 3 rings (SSSR count). The lowest BCUT2D eigenvalue weighted by molar-refractivity contribution is 0.0941. The van der Waals surface area contributed by atoms with Crippen molar-refractivity contribution < 1.29 is 9.90 Å². The fourth-order valence-corrected chi connectivity index (χ4v) is 2.55. The van der Waals surface area contributed by atoms with Crippen LogP contribution >= 0.6 is 0 Å². The zero-order chi connectivity index (χ0) is 14.1. The van der Waals surface area contributed by atoms with Crippen LogP contribution < -0.4 is 5.32 Å². The van der Waals surface area contributed by atoms with Gasteiger partial charge in [-0.25, -0.2) is 4.98 Å². The van der Waals surface area contributed by atoms with Gasteiger partial charge in [0.2, 0.25) is 0 Å². The van der Waals surface area contributed by atoms with E-state index in [2.05, 4.69) is 10.3 Å². The van der Waals surface area contributed by atoms with E-state index in [9.17, 15) is 4.79 Å². The number of aromatic nitrogens is 2. The summed E-state index contributed by atoms with van der Waals surface area (Å²) in [7, 11) is 1.92. The third kappa shape index (κ3) is 2.32. The Bertz CT molecular complexity index is 675. The third-order valence-electron chi connectivity index (χ3n) is 3.71. The summed E-state index contributed by atoms with van der Waals surface area (Å²) in [5.41, 5.74) is 2.43. The van der Waals surface area contributed by atoms with Crippen LogP contribution in [0.2, 0.25) is 0 Å². The van der Waals surface area contributed by atoms with Crippen molar-refractivity contribution in [3.63, 3.8) is 0 Å². The molecule has 20 heavy (non-hydrogen) atoms. The molecule has 1 heterocycles. The number of nitrogens with one attached hydrogen (secondary N) is 1. The maximum absolute atomic E-state index is 12.2. The number of carbonyl (C=O) groups excluding carboxylic acids is 1. The van der Waals surface area contributed by atoms with Gasteiger partial charge in [-0.1, -0.05) is 12.2 Å². The van der Waals surface area contributed by atoms with Gasteiger partial charge in [-0.3, -0.25) is 4.79 Å². The van der Waals surface area contributed by atoms with Crippen molar-refractivity contribution in [2.45, 2.75) is 12.5 Å². The van der Waals surface area contributed by atoms with Gasteiger partial charge in [-0.2, -0.15) is 0 Å². The number of nitrogens with zero attached hydrogens (tertiary/aromatic N) is 2. The number of fused-ring (bicyclic) bond motifs is 1. The molecule has 2 aromatic rings. The van der Waals surface area contributed by atoms with Gasteiger partial charge in [0, 0.05) is 31.2 Å². The summed E-state index contributed by atoms with van der Waals surface area (Å²) in [6, 6.07) is 5.51. The summed E-state index contributed by atoms with van der Waals surface area (Å²) >= 11 is 0. The molecule has 0 aliphatic heterocycles. The summed E-state index contributed by atoms with van der Waals surface area (Å²) in [5, 5.41) is 12.0. The van der Waals surface area contributed by atoms with Crippen LogP contribution in [0.4, 0.5) is 0 Å². The molecule has 0 radical (unpaired) electrons. The van der Waals surface area contributed by atoms with Crippen LogP contribution in [0, 0.1) is 5.92 Å². The molecule has 5 nitrogen and oxygen atoms in total. The van der Waals surface area contributed by atoms with Crippen LogP contribution in [0.1, 0.15) is 16.8 Å². The van der Waals surface area contributed by atoms with Crippen molar-refractivity contribution in [2.75, 3.05) is 6.61 Å². The lowest BCUT2D eigenvalue weighted by Crippen LogP contribution is -2.32. The Morgan fingerprint density at radius 3 is 3.10 bits per heavy atom. The maximum atomic E-state index is 12.2. The second-order valence-electron chi connectivity index (χ2n) is 5.20. The monoisotopic (exact) mass is 271 g/mol. The van der Waals surface area contributed by atoms with E-state index < -0.39 is 0 Å². The van der Waals surface area contributed by atoms with E-state index in [4.69, 9.17) is 5.11 Å². The number of carbonyl (C=O) groups is 1. The predicted molar refractivity (Wildman–Crippen MR) is 76.3 cm³/mol. The lowest BCUT2D eigenvalue weighted by Gasteiger charge is -2.12. The van der Waals surface area contributed by atoms with Gasteiger partial charge in [-0.05, 0) is 24.6 Å². The first-order valence-electron chi connectivity index (χ1n) is 6.68. The molecular weight excluding hydrogens is 254 g/mol. The van der Waals surface area contributed by atoms with Gasteiger partial charge >= 0.3 is 0 Å². The molecule has 1 aromatic heterocycles.